The average Bonchev–Trinajstić information content (AvgIpc) is 2.43. The lowest BCUT2D eigenvalue weighted by atomic mass is 9.90. The molecular weight excluding hydrogens is 296 g/mol. The van der Waals surface area contributed by atoms with Crippen LogP contribution in [-0.2, 0) is 28.6 Å². The van der Waals surface area contributed by atoms with Crippen molar-refractivity contribution in [3.05, 3.63) is 0 Å². The molecule has 0 radical (unpaired) electrons. The van der Waals surface area contributed by atoms with Gasteiger partial charge in [-0.15, -0.1) is 0 Å². The van der Waals surface area contributed by atoms with Crippen molar-refractivity contribution in [2.45, 2.75) is 10.5 Å². The van der Waals surface area contributed by atoms with Crippen LogP contribution in [0.3, 0.4) is 0 Å². The van der Waals surface area contributed by atoms with Crippen molar-refractivity contribution in [3.63, 3.8) is 0 Å². The van der Waals surface area contributed by atoms with Gasteiger partial charge in [0.25, 0.3) is 0 Å². The molecule has 12 heteroatoms. The Bertz CT molecular complexity index is 511. The SMILES string of the molecule is O=S1(=O)OCC2(COS(=O)(=O)C2(F)F)C1(F)F. The predicted molar refractivity (Wildman–Crippen MR) is 42.1 cm³/mol. The van der Waals surface area contributed by atoms with Gasteiger partial charge in [0.1, 0.15) is 0 Å². The maximum Gasteiger partial charge on any atom is 0.387 e. The van der Waals surface area contributed by atoms with E-state index in [1.807, 2.05) is 0 Å². The van der Waals surface area contributed by atoms with E-state index in [0.29, 0.717) is 0 Å². The molecule has 2 aliphatic heterocycles. The summed E-state index contributed by atoms with van der Waals surface area (Å²) in [6, 6.07) is 0. The maximum absolute atomic E-state index is 13.4. The highest BCUT2D eigenvalue weighted by Crippen LogP contribution is 2.61. The Labute approximate surface area is 92.7 Å². The van der Waals surface area contributed by atoms with E-state index in [2.05, 4.69) is 8.37 Å². The van der Waals surface area contributed by atoms with E-state index in [-0.39, 0.29) is 0 Å². The molecule has 0 saturated carbocycles. The van der Waals surface area contributed by atoms with E-state index in [0.717, 1.165) is 0 Å². The normalized spacial score (nSPS) is 35.1. The van der Waals surface area contributed by atoms with E-state index in [4.69, 9.17) is 0 Å². The number of halogens is 4. The molecule has 2 aliphatic rings. The van der Waals surface area contributed by atoms with Gasteiger partial charge < -0.3 is 0 Å². The number of rotatable bonds is 0. The molecule has 6 nitrogen and oxygen atoms in total. The lowest BCUT2D eigenvalue weighted by molar-refractivity contribution is -0.146. The van der Waals surface area contributed by atoms with Crippen molar-refractivity contribution < 1.29 is 42.8 Å². The Morgan fingerprint density at radius 2 is 1.06 bits per heavy atom. The Kier molecular flexibility index (Phi) is 2.23. The van der Waals surface area contributed by atoms with Crippen molar-refractivity contribution in [3.8, 4) is 0 Å². The average molecular weight is 300 g/mol. The topological polar surface area (TPSA) is 86.7 Å². The summed E-state index contributed by atoms with van der Waals surface area (Å²) in [4.78, 5) is 0. The van der Waals surface area contributed by atoms with Gasteiger partial charge in [-0.05, 0) is 0 Å². The van der Waals surface area contributed by atoms with Gasteiger partial charge in [0, 0.05) is 0 Å². The van der Waals surface area contributed by atoms with Crippen LogP contribution in [0.4, 0.5) is 17.6 Å². The summed E-state index contributed by atoms with van der Waals surface area (Å²) in [5.41, 5.74) is -3.74. The second-order valence-corrected chi connectivity index (χ2v) is 6.86. The second-order valence-electron chi connectivity index (χ2n) is 3.55. The highest BCUT2D eigenvalue weighted by molar-refractivity contribution is 7.89. The molecule has 0 atom stereocenters. The maximum atomic E-state index is 13.4. The number of hydrogen-bond donors (Lipinski definition) is 0. The van der Waals surface area contributed by atoms with Gasteiger partial charge in [-0.1, -0.05) is 0 Å². The van der Waals surface area contributed by atoms with E-state index in [1.165, 1.54) is 0 Å². The van der Waals surface area contributed by atoms with Gasteiger partial charge in [0.2, 0.25) is 0 Å². The third kappa shape index (κ3) is 1.16. The molecule has 0 N–H and O–H groups in total. The first-order valence-electron chi connectivity index (χ1n) is 3.95. The summed E-state index contributed by atoms with van der Waals surface area (Å²) >= 11 is 0. The molecule has 0 aromatic rings. The fourth-order valence-corrected chi connectivity index (χ4v) is 4.05. The molecule has 0 aromatic heterocycles. The van der Waals surface area contributed by atoms with Gasteiger partial charge in [-0.3, -0.25) is 8.37 Å². The van der Waals surface area contributed by atoms with Gasteiger partial charge in [0.15, 0.2) is 5.41 Å². The zero-order chi connectivity index (χ0) is 13.3. The van der Waals surface area contributed by atoms with Crippen LogP contribution in [-0.4, -0.2) is 40.6 Å². The molecule has 2 heterocycles. The van der Waals surface area contributed by atoms with Crippen LogP contribution in [0.2, 0.25) is 0 Å². The van der Waals surface area contributed by atoms with Gasteiger partial charge in [-0.2, -0.15) is 34.4 Å². The Hall–Kier alpha value is -0.460. The lowest BCUT2D eigenvalue weighted by Crippen LogP contribution is -2.54. The van der Waals surface area contributed by atoms with E-state index < -0.39 is 49.4 Å². The first kappa shape index (κ1) is 13.0. The minimum Gasteiger partial charge on any atom is -0.264 e. The predicted octanol–water partition coefficient (Wildman–Crippen LogP) is -0.122. The van der Waals surface area contributed by atoms with E-state index in [9.17, 15) is 34.4 Å². The lowest BCUT2D eigenvalue weighted by Gasteiger charge is -2.28. The molecule has 0 bridgehead atoms. The van der Waals surface area contributed by atoms with Crippen LogP contribution in [0.1, 0.15) is 0 Å². The van der Waals surface area contributed by atoms with Crippen LogP contribution in [0.25, 0.3) is 0 Å². The molecule has 17 heavy (non-hydrogen) atoms. The summed E-state index contributed by atoms with van der Waals surface area (Å²) < 4.78 is 104. The van der Waals surface area contributed by atoms with Gasteiger partial charge in [0.05, 0.1) is 13.2 Å². The van der Waals surface area contributed by atoms with Crippen LogP contribution in [0, 0.1) is 5.41 Å². The molecule has 100 valence electrons. The van der Waals surface area contributed by atoms with Crippen LogP contribution in [0.5, 0.6) is 0 Å². The standard InChI is InChI=1S/C5H4F4O6S2/c6-4(7)3(1-14-16(4,10)11)2-15-17(12,13)5(3,8)9/h1-2H2. The molecule has 2 rings (SSSR count). The Balaban J connectivity index is 2.71. The zero-order valence-electron chi connectivity index (χ0n) is 7.69. The zero-order valence-corrected chi connectivity index (χ0v) is 9.33. The Morgan fingerprint density at radius 1 is 0.765 bits per heavy atom. The molecule has 0 amide bonds. The molecule has 2 fully saturated rings. The van der Waals surface area contributed by atoms with Crippen LogP contribution < -0.4 is 0 Å². The Morgan fingerprint density at radius 3 is 1.24 bits per heavy atom. The fraction of sp³-hybridized carbons (Fsp3) is 1.00. The highest BCUT2D eigenvalue weighted by Gasteiger charge is 2.86. The van der Waals surface area contributed by atoms with Crippen molar-refractivity contribution in [2.75, 3.05) is 13.2 Å². The summed E-state index contributed by atoms with van der Waals surface area (Å²) in [6.45, 7) is -3.32. The van der Waals surface area contributed by atoms with Crippen molar-refractivity contribution >= 4 is 20.2 Å². The minimum atomic E-state index is -5.60. The van der Waals surface area contributed by atoms with Crippen molar-refractivity contribution in [1.82, 2.24) is 0 Å². The van der Waals surface area contributed by atoms with E-state index >= 15 is 0 Å². The third-order valence-electron chi connectivity index (χ3n) is 2.66. The molecular formula is C5H4F4O6S2. The van der Waals surface area contributed by atoms with Gasteiger partial charge >= 0.3 is 30.7 Å². The molecule has 0 aromatic carbocycles. The molecule has 2 saturated heterocycles. The van der Waals surface area contributed by atoms with Crippen LogP contribution >= 0.6 is 0 Å². The summed E-state index contributed by atoms with van der Waals surface area (Å²) in [5, 5.41) is -10.1. The number of alkyl halides is 4. The molecule has 0 aliphatic carbocycles. The van der Waals surface area contributed by atoms with Crippen LogP contribution in [0.15, 0.2) is 0 Å². The van der Waals surface area contributed by atoms with Gasteiger partial charge in [-0.25, -0.2) is 0 Å². The first-order chi connectivity index (χ1) is 7.41. The molecule has 1 spiro atoms. The quantitative estimate of drug-likeness (QED) is 0.458. The second kappa shape index (κ2) is 2.92. The fourth-order valence-electron chi connectivity index (χ4n) is 1.53. The van der Waals surface area contributed by atoms with Crippen molar-refractivity contribution in [1.29, 1.82) is 0 Å². The highest BCUT2D eigenvalue weighted by atomic mass is 32.2. The summed E-state index contributed by atoms with van der Waals surface area (Å²) in [5.74, 6) is 0. The first-order valence-corrected chi connectivity index (χ1v) is 6.77. The molecule has 0 unspecified atom stereocenters. The largest absolute Gasteiger partial charge is 0.387 e. The van der Waals surface area contributed by atoms with Crippen molar-refractivity contribution in [2.24, 2.45) is 5.41 Å². The summed E-state index contributed by atoms with van der Waals surface area (Å²) in [6.07, 6.45) is 0. The third-order valence-corrected chi connectivity index (χ3v) is 5.56. The number of hydrogen-bond acceptors (Lipinski definition) is 6. The monoisotopic (exact) mass is 300 g/mol. The summed E-state index contributed by atoms with van der Waals surface area (Å²) in [7, 11) is -11.2. The van der Waals surface area contributed by atoms with E-state index in [1.54, 1.807) is 0 Å². The minimum absolute atomic E-state index is 1.66. The smallest absolute Gasteiger partial charge is 0.264 e.